The highest BCUT2D eigenvalue weighted by molar-refractivity contribution is 7.99. The maximum atomic E-state index is 5.80. The molecule has 0 amide bonds. The number of thiocarbonyl (C=S) groups is 1. The number of rotatable bonds is 6. The third-order valence-electron chi connectivity index (χ3n) is 3.16. The maximum Gasteiger partial charge on any atom is 0.104 e. The highest BCUT2D eigenvalue weighted by Crippen LogP contribution is 2.27. The van der Waals surface area contributed by atoms with Crippen molar-refractivity contribution in [1.29, 1.82) is 0 Å². The molecular weight excluding hydrogens is 284 g/mol. The normalized spacial score (nSPS) is 12.3. The molecule has 4 heteroatoms. The van der Waals surface area contributed by atoms with Gasteiger partial charge in [-0.15, -0.1) is 0 Å². The van der Waals surface area contributed by atoms with Crippen LogP contribution in [0.15, 0.2) is 36.4 Å². The lowest BCUT2D eigenvalue weighted by molar-refractivity contribution is 0.915. The molecule has 0 aliphatic rings. The molecule has 2 rings (SSSR count). The van der Waals surface area contributed by atoms with Gasteiger partial charge in [0.15, 0.2) is 0 Å². The van der Waals surface area contributed by atoms with E-state index in [0.717, 1.165) is 28.1 Å². The van der Waals surface area contributed by atoms with E-state index in [0.29, 0.717) is 11.0 Å². The van der Waals surface area contributed by atoms with Crippen molar-refractivity contribution in [1.82, 2.24) is 0 Å². The van der Waals surface area contributed by atoms with E-state index in [1.54, 1.807) is 0 Å². The van der Waals surface area contributed by atoms with Crippen LogP contribution in [0.2, 0.25) is 0 Å². The minimum absolute atomic E-state index is 0.430. The topological polar surface area (TPSA) is 38.0 Å². The number of hydrogen-bond donors (Lipinski definition) is 2. The molecule has 0 heterocycles. The van der Waals surface area contributed by atoms with E-state index >= 15 is 0 Å². The van der Waals surface area contributed by atoms with E-state index in [1.165, 1.54) is 5.39 Å². The molecule has 0 radical (unpaired) electrons. The van der Waals surface area contributed by atoms with Crippen LogP contribution >= 0.6 is 24.0 Å². The molecule has 0 aliphatic heterocycles. The quantitative estimate of drug-likeness (QED) is 0.790. The standard InChI is InChI=1S/C16H20N2S2/c1-3-20-10-11(2)18-15-9-8-14(16(17)19)12-6-4-5-7-13(12)15/h4-9,11,18H,3,10H2,1-2H3,(H2,17,19). The van der Waals surface area contributed by atoms with Gasteiger partial charge in [-0.3, -0.25) is 0 Å². The average molecular weight is 304 g/mol. The van der Waals surface area contributed by atoms with Crippen LogP contribution in [0.5, 0.6) is 0 Å². The summed E-state index contributed by atoms with van der Waals surface area (Å²) in [5.41, 5.74) is 7.89. The summed E-state index contributed by atoms with van der Waals surface area (Å²) in [6.45, 7) is 4.39. The molecule has 0 fully saturated rings. The molecule has 106 valence electrons. The van der Waals surface area contributed by atoms with Gasteiger partial charge in [-0.2, -0.15) is 11.8 Å². The fourth-order valence-electron chi connectivity index (χ4n) is 2.24. The molecule has 0 bridgehead atoms. The van der Waals surface area contributed by atoms with E-state index < -0.39 is 0 Å². The fourth-order valence-corrected chi connectivity index (χ4v) is 3.09. The Morgan fingerprint density at radius 3 is 2.60 bits per heavy atom. The zero-order chi connectivity index (χ0) is 14.5. The SMILES string of the molecule is CCSCC(C)Nc1ccc(C(N)=S)c2ccccc12. The molecule has 2 aromatic carbocycles. The Morgan fingerprint density at radius 2 is 1.95 bits per heavy atom. The number of anilines is 1. The van der Waals surface area contributed by atoms with E-state index in [-0.39, 0.29) is 0 Å². The van der Waals surface area contributed by atoms with Crippen molar-refractivity contribution in [3.8, 4) is 0 Å². The van der Waals surface area contributed by atoms with Gasteiger partial charge in [-0.1, -0.05) is 43.4 Å². The Balaban J connectivity index is 2.35. The molecular formula is C16H20N2S2. The van der Waals surface area contributed by atoms with E-state index in [1.807, 2.05) is 30.0 Å². The first-order valence-corrected chi connectivity index (χ1v) is 8.35. The van der Waals surface area contributed by atoms with Gasteiger partial charge in [-0.25, -0.2) is 0 Å². The van der Waals surface area contributed by atoms with Crippen molar-refractivity contribution in [2.75, 3.05) is 16.8 Å². The lowest BCUT2D eigenvalue weighted by Crippen LogP contribution is -2.18. The molecule has 1 unspecified atom stereocenters. The van der Waals surface area contributed by atoms with Gasteiger partial charge < -0.3 is 11.1 Å². The van der Waals surface area contributed by atoms with Crippen LogP contribution in [0, 0.1) is 0 Å². The Hall–Kier alpha value is -1.26. The summed E-state index contributed by atoms with van der Waals surface area (Å²) in [6.07, 6.45) is 0. The summed E-state index contributed by atoms with van der Waals surface area (Å²) in [5.74, 6) is 2.25. The van der Waals surface area contributed by atoms with Crippen LogP contribution in [0.1, 0.15) is 19.4 Å². The van der Waals surface area contributed by atoms with Gasteiger partial charge in [0, 0.05) is 28.4 Å². The Bertz CT molecular complexity index is 610. The summed E-state index contributed by atoms with van der Waals surface area (Å²) < 4.78 is 0. The summed E-state index contributed by atoms with van der Waals surface area (Å²) in [7, 11) is 0. The van der Waals surface area contributed by atoms with Gasteiger partial charge in [0.25, 0.3) is 0 Å². The van der Waals surface area contributed by atoms with Gasteiger partial charge >= 0.3 is 0 Å². The van der Waals surface area contributed by atoms with Crippen molar-refractivity contribution >= 4 is 45.4 Å². The molecule has 0 aromatic heterocycles. The first kappa shape index (κ1) is 15.1. The lowest BCUT2D eigenvalue weighted by atomic mass is 10.0. The Labute approximate surface area is 130 Å². The number of thioether (sulfide) groups is 1. The number of nitrogens with two attached hydrogens (primary N) is 1. The molecule has 2 aromatic rings. The second-order valence-electron chi connectivity index (χ2n) is 4.78. The zero-order valence-corrected chi connectivity index (χ0v) is 13.5. The van der Waals surface area contributed by atoms with Crippen molar-refractivity contribution in [2.24, 2.45) is 5.73 Å². The summed E-state index contributed by atoms with van der Waals surface area (Å²) in [5, 5.41) is 5.86. The molecule has 3 N–H and O–H groups in total. The van der Waals surface area contributed by atoms with Crippen LogP contribution in [0.3, 0.4) is 0 Å². The molecule has 2 nitrogen and oxygen atoms in total. The third-order valence-corrected chi connectivity index (χ3v) is 4.53. The van der Waals surface area contributed by atoms with Crippen LogP contribution in [0.25, 0.3) is 10.8 Å². The molecule has 0 spiro atoms. The summed E-state index contributed by atoms with van der Waals surface area (Å²) in [4.78, 5) is 0.447. The van der Waals surface area contributed by atoms with E-state index in [4.69, 9.17) is 18.0 Å². The van der Waals surface area contributed by atoms with Gasteiger partial charge in [0.2, 0.25) is 0 Å². The average Bonchev–Trinajstić information content (AvgIpc) is 2.45. The minimum Gasteiger partial charge on any atom is -0.389 e. The van der Waals surface area contributed by atoms with Crippen LogP contribution in [-0.2, 0) is 0 Å². The van der Waals surface area contributed by atoms with E-state index in [9.17, 15) is 0 Å². The van der Waals surface area contributed by atoms with Crippen LogP contribution in [-0.4, -0.2) is 22.5 Å². The molecule has 1 atom stereocenters. The second kappa shape index (κ2) is 6.95. The molecule has 0 saturated carbocycles. The van der Waals surface area contributed by atoms with Crippen molar-refractivity contribution < 1.29 is 0 Å². The zero-order valence-electron chi connectivity index (χ0n) is 11.8. The molecule has 20 heavy (non-hydrogen) atoms. The van der Waals surface area contributed by atoms with Crippen LogP contribution in [0.4, 0.5) is 5.69 Å². The van der Waals surface area contributed by atoms with Crippen molar-refractivity contribution in [3.05, 3.63) is 42.0 Å². The van der Waals surface area contributed by atoms with Crippen molar-refractivity contribution in [2.45, 2.75) is 19.9 Å². The number of benzene rings is 2. The molecule has 0 aliphatic carbocycles. The van der Waals surface area contributed by atoms with Gasteiger partial charge in [0.05, 0.1) is 0 Å². The summed E-state index contributed by atoms with van der Waals surface area (Å²) >= 11 is 7.08. The first-order valence-electron chi connectivity index (χ1n) is 6.79. The van der Waals surface area contributed by atoms with E-state index in [2.05, 4.69) is 37.4 Å². The highest BCUT2D eigenvalue weighted by atomic mass is 32.2. The monoisotopic (exact) mass is 304 g/mol. The van der Waals surface area contributed by atoms with Gasteiger partial charge in [-0.05, 0) is 30.2 Å². The van der Waals surface area contributed by atoms with Crippen LogP contribution < -0.4 is 11.1 Å². The lowest BCUT2D eigenvalue weighted by Gasteiger charge is -2.17. The van der Waals surface area contributed by atoms with Crippen molar-refractivity contribution in [3.63, 3.8) is 0 Å². The predicted molar refractivity (Wildman–Crippen MR) is 95.9 cm³/mol. The Kier molecular flexibility index (Phi) is 5.26. The minimum atomic E-state index is 0.430. The largest absolute Gasteiger partial charge is 0.389 e. The number of hydrogen-bond acceptors (Lipinski definition) is 3. The predicted octanol–water partition coefficient (Wildman–Crippen LogP) is 4.03. The third kappa shape index (κ3) is 3.44. The number of nitrogens with one attached hydrogen (secondary N) is 1. The Morgan fingerprint density at radius 1 is 1.25 bits per heavy atom. The molecule has 0 saturated heterocycles. The smallest absolute Gasteiger partial charge is 0.104 e. The maximum absolute atomic E-state index is 5.80. The fraction of sp³-hybridized carbons (Fsp3) is 0.312. The second-order valence-corrected chi connectivity index (χ2v) is 6.53. The van der Waals surface area contributed by atoms with Gasteiger partial charge in [0.1, 0.15) is 4.99 Å². The first-order chi connectivity index (χ1) is 9.63. The summed E-state index contributed by atoms with van der Waals surface area (Å²) in [6, 6.07) is 12.8. The highest BCUT2D eigenvalue weighted by Gasteiger charge is 2.09. The number of fused-ring (bicyclic) bond motifs is 1.